The van der Waals surface area contributed by atoms with E-state index >= 15 is 0 Å². The van der Waals surface area contributed by atoms with Crippen LogP contribution in [0.2, 0.25) is 0 Å². The molecule has 130 valence electrons. The number of rotatable bonds is 7. The molecule has 6 nitrogen and oxygen atoms in total. The number of ether oxygens (including phenoxy) is 3. The lowest BCUT2D eigenvalue weighted by Crippen LogP contribution is -2.41. The van der Waals surface area contributed by atoms with E-state index in [2.05, 4.69) is 17.4 Å². The van der Waals surface area contributed by atoms with E-state index in [0.717, 1.165) is 12.8 Å². The standard InChI is InChI=1S/C18H23NO5/c1-13(8-9-15-6-4-3-5-7-15)19-17(20)14(2)24-18(21)16-12-22-10-11-23-16/h3-7,12-14H,8-11H2,1-2H3,(H,19,20)/t13-,14-/m1/s1. The highest BCUT2D eigenvalue weighted by Crippen LogP contribution is 2.09. The first kappa shape index (κ1) is 17.8. The van der Waals surface area contributed by atoms with Crippen molar-refractivity contribution in [1.82, 2.24) is 5.32 Å². The quantitative estimate of drug-likeness (QED) is 0.772. The molecule has 1 aromatic rings. The summed E-state index contributed by atoms with van der Waals surface area (Å²) in [5, 5.41) is 2.85. The van der Waals surface area contributed by atoms with Gasteiger partial charge in [0.15, 0.2) is 6.10 Å². The second-order valence-electron chi connectivity index (χ2n) is 5.68. The summed E-state index contributed by atoms with van der Waals surface area (Å²) in [5.41, 5.74) is 1.22. The minimum absolute atomic E-state index is 0.0157. The van der Waals surface area contributed by atoms with Crippen molar-refractivity contribution in [1.29, 1.82) is 0 Å². The van der Waals surface area contributed by atoms with Gasteiger partial charge in [-0.1, -0.05) is 30.3 Å². The summed E-state index contributed by atoms with van der Waals surface area (Å²) in [7, 11) is 0. The molecular weight excluding hydrogens is 310 g/mol. The largest absolute Gasteiger partial charge is 0.493 e. The molecule has 0 spiro atoms. The van der Waals surface area contributed by atoms with Gasteiger partial charge in [0, 0.05) is 6.04 Å². The van der Waals surface area contributed by atoms with Gasteiger partial charge >= 0.3 is 5.97 Å². The summed E-state index contributed by atoms with van der Waals surface area (Å²) in [6, 6.07) is 10.0. The summed E-state index contributed by atoms with van der Waals surface area (Å²) in [6.07, 6.45) is 1.98. The average Bonchev–Trinajstić information content (AvgIpc) is 2.61. The van der Waals surface area contributed by atoms with Gasteiger partial charge in [0.25, 0.3) is 5.91 Å². The van der Waals surface area contributed by atoms with Gasteiger partial charge in [-0.05, 0) is 32.3 Å². The zero-order chi connectivity index (χ0) is 17.4. The van der Waals surface area contributed by atoms with E-state index in [4.69, 9.17) is 14.2 Å². The third kappa shape index (κ3) is 5.61. The molecule has 1 amide bonds. The Labute approximate surface area is 141 Å². The minimum Gasteiger partial charge on any atom is -0.493 e. The molecule has 0 bridgehead atoms. The van der Waals surface area contributed by atoms with Crippen molar-refractivity contribution in [3.05, 3.63) is 47.9 Å². The van der Waals surface area contributed by atoms with Crippen molar-refractivity contribution in [3.63, 3.8) is 0 Å². The van der Waals surface area contributed by atoms with Crippen molar-refractivity contribution >= 4 is 11.9 Å². The smallest absolute Gasteiger partial charge is 0.377 e. The molecule has 1 N–H and O–H groups in total. The van der Waals surface area contributed by atoms with Gasteiger partial charge in [-0.3, -0.25) is 4.79 Å². The van der Waals surface area contributed by atoms with Crippen LogP contribution in [0.1, 0.15) is 25.8 Å². The lowest BCUT2D eigenvalue weighted by Gasteiger charge is -2.19. The zero-order valence-electron chi connectivity index (χ0n) is 14.0. The monoisotopic (exact) mass is 333 g/mol. The molecule has 24 heavy (non-hydrogen) atoms. The molecule has 0 radical (unpaired) electrons. The maximum Gasteiger partial charge on any atom is 0.377 e. The van der Waals surface area contributed by atoms with E-state index < -0.39 is 12.1 Å². The second-order valence-corrected chi connectivity index (χ2v) is 5.68. The molecule has 0 unspecified atom stereocenters. The third-order valence-electron chi connectivity index (χ3n) is 3.60. The van der Waals surface area contributed by atoms with Gasteiger partial charge in [0.05, 0.1) is 0 Å². The van der Waals surface area contributed by atoms with Crippen molar-refractivity contribution < 1.29 is 23.8 Å². The Morgan fingerprint density at radius 2 is 1.96 bits per heavy atom. The van der Waals surface area contributed by atoms with Gasteiger partial charge < -0.3 is 19.5 Å². The van der Waals surface area contributed by atoms with Crippen LogP contribution in [-0.4, -0.2) is 37.2 Å². The van der Waals surface area contributed by atoms with E-state index in [1.54, 1.807) is 0 Å². The van der Waals surface area contributed by atoms with E-state index in [-0.39, 0.29) is 24.3 Å². The number of benzene rings is 1. The van der Waals surface area contributed by atoms with Gasteiger partial charge in [-0.25, -0.2) is 4.79 Å². The van der Waals surface area contributed by atoms with E-state index in [9.17, 15) is 9.59 Å². The second kappa shape index (κ2) is 8.96. The highest BCUT2D eigenvalue weighted by atomic mass is 16.6. The van der Waals surface area contributed by atoms with Gasteiger partial charge in [-0.2, -0.15) is 0 Å². The molecule has 0 saturated heterocycles. The highest BCUT2D eigenvalue weighted by molar-refractivity contribution is 5.89. The molecule has 0 aliphatic carbocycles. The summed E-state index contributed by atoms with van der Waals surface area (Å²) < 4.78 is 15.2. The van der Waals surface area contributed by atoms with Crippen molar-refractivity contribution in [2.45, 2.75) is 38.8 Å². The van der Waals surface area contributed by atoms with Crippen molar-refractivity contribution in [3.8, 4) is 0 Å². The van der Waals surface area contributed by atoms with E-state index in [1.165, 1.54) is 18.7 Å². The van der Waals surface area contributed by atoms with Crippen LogP contribution in [0.5, 0.6) is 0 Å². The van der Waals surface area contributed by atoms with Crippen LogP contribution in [0.15, 0.2) is 42.4 Å². The number of carbonyl (C=O) groups excluding carboxylic acids is 2. The number of esters is 1. The molecule has 0 saturated carbocycles. The molecule has 6 heteroatoms. The molecular formula is C18H23NO5. The molecule has 0 fully saturated rings. The third-order valence-corrected chi connectivity index (χ3v) is 3.60. The predicted molar refractivity (Wildman–Crippen MR) is 87.9 cm³/mol. The summed E-state index contributed by atoms with van der Waals surface area (Å²) in [5.74, 6) is -1.05. The average molecular weight is 333 g/mol. The SMILES string of the molecule is C[C@H](CCc1ccccc1)NC(=O)[C@@H](C)OC(=O)C1=COCCO1. The molecule has 1 heterocycles. The first-order valence-electron chi connectivity index (χ1n) is 8.06. The van der Waals surface area contributed by atoms with Crippen molar-refractivity contribution in [2.24, 2.45) is 0 Å². The van der Waals surface area contributed by atoms with Gasteiger partial charge in [-0.15, -0.1) is 0 Å². The Hall–Kier alpha value is -2.50. The van der Waals surface area contributed by atoms with Gasteiger partial charge in [0.2, 0.25) is 5.76 Å². The van der Waals surface area contributed by atoms with Crippen molar-refractivity contribution in [2.75, 3.05) is 13.2 Å². The number of aryl methyl sites for hydroxylation is 1. The Morgan fingerprint density at radius 3 is 2.62 bits per heavy atom. The molecule has 1 aromatic carbocycles. The number of amides is 1. The maximum atomic E-state index is 12.1. The van der Waals surface area contributed by atoms with Crippen LogP contribution in [0.25, 0.3) is 0 Å². The number of hydrogen-bond acceptors (Lipinski definition) is 5. The molecule has 2 rings (SSSR count). The normalized spacial score (nSPS) is 16.0. The Bertz CT molecular complexity index is 584. The topological polar surface area (TPSA) is 73.9 Å². The number of hydrogen-bond donors (Lipinski definition) is 1. The van der Waals surface area contributed by atoms with Crippen LogP contribution in [0, 0.1) is 0 Å². The Kier molecular flexibility index (Phi) is 6.66. The first-order valence-corrected chi connectivity index (χ1v) is 8.06. The zero-order valence-corrected chi connectivity index (χ0v) is 14.0. The molecule has 1 aliphatic heterocycles. The minimum atomic E-state index is -0.900. The fourth-order valence-electron chi connectivity index (χ4n) is 2.21. The number of nitrogens with one attached hydrogen (secondary N) is 1. The van der Waals surface area contributed by atoms with E-state index in [0.29, 0.717) is 6.61 Å². The van der Waals surface area contributed by atoms with Crippen LogP contribution in [-0.2, 0) is 30.2 Å². The Morgan fingerprint density at radius 1 is 1.21 bits per heavy atom. The fourth-order valence-corrected chi connectivity index (χ4v) is 2.21. The summed E-state index contributed by atoms with van der Waals surface area (Å²) in [6.45, 7) is 4.14. The summed E-state index contributed by atoms with van der Waals surface area (Å²) >= 11 is 0. The first-order chi connectivity index (χ1) is 11.6. The molecule has 1 aliphatic rings. The summed E-state index contributed by atoms with van der Waals surface area (Å²) in [4.78, 5) is 23.9. The lowest BCUT2D eigenvalue weighted by molar-refractivity contribution is -0.155. The van der Waals surface area contributed by atoms with Crippen LogP contribution >= 0.6 is 0 Å². The maximum absolute atomic E-state index is 12.1. The predicted octanol–water partition coefficient (Wildman–Crippen LogP) is 1.94. The molecule has 2 atom stereocenters. The lowest BCUT2D eigenvalue weighted by atomic mass is 10.1. The highest BCUT2D eigenvalue weighted by Gasteiger charge is 2.23. The van der Waals surface area contributed by atoms with E-state index in [1.807, 2.05) is 25.1 Å². The van der Waals surface area contributed by atoms with Crippen LogP contribution in [0.4, 0.5) is 0 Å². The molecule has 0 aromatic heterocycles. The fraction of sp³-hybridized carbons (Fsp3) is 0.444. The number of carbonyl (C=O) groups is 2. The van der Waals surface area contributed by atoms with Gasteiger partial charge in [0.1, 0.15) is 19.5 Å². The van der Waals surface area contributed by atoms with Crippen LogP contribution in [0.3, 0.4) is 0 Å². The Balaban J connectivity index is 1.74. The van der Waals surface area contributed by atoms with Crippen LogP contribution < -0.4 is 5.32 Å².